The van der Waals surface area contributed by atoms with Gasteiger partial charge in [0.15, 0.2) is 0 Å². The fraction of sp³-hybridized carbons (Fsp3) is 0.474. The summed E-state index contributed by atoms with van der Waals surface area (Å²) in [6.45, 7) is 9.10. The number of carbonyl (C=O) groups excluding carboxylic acids is 1. The van der Waals surface area contributed by atoms with Crippen molar-refractivity contribution in [3.63, 3.8) is 0 Å². The van der Waals surface area contributed by atoms with Crippen LogP contribution in [0.5, 0.6) is 0 Å². The van der Waals surface area contributed by atoms with Gasteiger partial charge in [0.1, 0.15) is 5.69 Å². The molecule has 3 rings (SSSR count). The Hall–Kier alpha value is -2.70. The highest BCUT2D eigenvalue weighted by Gasteiger charge is 2.22. The maximum absolute atomic E-state index is 12.9. The van der Waals surface area contributed by atoms with E-state index in [1.807, 2.05) is 37.9 Å². The maximum atomic E-state index is 12.9. The summed E-state index contributed by atoms with van der Waals surface area (Å²) in [5, 5.41) is 0. The first kappa shape index (κ1) is 18.1. The average Bonchev–Trinajstić information content (AvgIpc) is 2.86. The summed E-state index contributed by atoms with van der Waals surface area (Å²) in [6, 6.07) is 5.86. The van der Waals surface area contributed by atoms with Crippen LogP contribution in [0, 0.1) is 6.92 Å². The van der Waals surface area contributed by atoms with Gasteiger partial charge in [-0.05, 0) is 37.5 Å². The van der Waals surface area contributed by atoms with E-state index in [2.05, 4.69) is 25.9 Å². The van der Waals surface area contributed by atoms with Crippen LogP contribution in [-0.4, -0.2) is 51.9 Å². The Morgan fingerprint density at radius 3 is 2.69 bits per heavy atom. The van der Waals surface area contributed by atoms with Gasteiger partial charge in [0, 0.05) is 49.5 Å². The fourth-order valence-electron chi connectivity index (χ4n) is 3.16. The second-order valence-corrected chi connectivity index (χ2v) is 6.98. The van der Waals surface area contributed by atoms with Gasteiger partial charge in [0.05, 0.1) is 0 Å². The largest absolute Gasteiger partial charge is 0.370 e. The molecule has 0 aliphatic carbocycles. The first-order valence-electron chi connectivity index (χ1n) is 9.05. The first-order chi connectivity index (χ1) is 12.4. The summed E-state index contributed by atoms with van der Waals surface area (Å²) in [5.74, 6) is 0.276. The molecule has 1 fully saturated rings. The molecule has 7 heteroatoms. The summed E-state index contributed by atoms with van der Waals surface area (Å²) in [6.07, 6.45) is 2.74. The summed E-state index contributed by atoms with van der Waals surface area (Å²) in [4.78, 5) is 29.7. The van der Waals surface area contributed by atoms with Gasteiger partial charge in [0.2, 0.25) is 5.95 Å². The van der Waals surface area contributed by atoms with Crippen LogP contribution in [0.1, 0.15) is 48.1 Å². The zero-order valence-electron chi connectivity index (χ0n) is 15.6. The average molecular weight is 354 g/mol. The summed E-state index contributed by atoms with van der Waals surface area (Å²) >= 11 is 0. The zero-order chi connectivity index (χ0) is 18.7. The van der Waals surface area contributed by atoms with Crippen molar-refractivity contribution in [1.29, 1.82) is 0 Å². The number of hydrogen-bond acceptors (Lipinski definition) is 6. The minimum absolute atomic E-state index is 0.0752. The van der Waals surface area contributed by atoms with E-state index in [9.17, 15) is 4.79 Å². The van der Waals surface area contributed by atoms with E-state index < -0.39 is 0 Å². The van der Waals surface area contributed by atoms with Crippen LogP contribution >= 0.6 is 0 Å². The number of pyridine rings is 1. The van der Waals surface area contributed by atoms with Crippen molar-refractivity contribution in [2.75, 3.05) is 36.8 Å². The van der Waals surface area contributed by atoms with Crippen LogP contribution < -0.4 is 10.6 Å². The normalized spacial score (nSPS) is 15.2. The smallest absolute Gasteiger partial charge is 0.272 e. The highest BCUT2D eigenvalue weighted by atomic mass is 16.2. The third kappa shape index (κ3) is 4.09. The van der Waals surface area contributed by atoms with Crippen LogP contribution in [0.4, 0.5) is 11.6 Å². The molecule has 0 saturated carbocycles. The van der Waals surface area contributed by atoms with Crippen LogP contribution in [0.25, 0.3) is 0 Å². The van der Waals surface area contributed by atoms with Gasteiger partial charge in [-0.15, -0.1) is 0 Å². The van der Waals surface area contributed by atoms with E-state index in [1.165, 1.54) is 0 Å². The Kier molecular flexibility index (Phi) is 5.35. The monoisotopic (exact) mass is 354 g/mol. The highest BCUT2D eigenvalue weighted by Crippen LogP contribution is 2.19. The lowest BCUT2D eigenvalue weighted by Crippen LogP contribution is -2.36. The van der Waals surface area contributed by atoms with Gasteiger partial charge >= 0.3 is 0 Å². The number of amides is 1. The van der Waals surface area contributed by atoms with E-state index in [0.717, 1.165) is 36.6 Å². The highest BCUT2D eigenvalue weighted by molar-refractivity contribution is 5.92. The summed E-state index contributed by atoms with van der Waals surface area (Å²) in [7, 11) is 0. The predicted molar refractivity (Wildman–Crippen MR) is 102 cm³/mol. The number of hydrogen-bond donors (Lipinski definition) is 1. The van der Waals surface area contributed by atoms with Crippen molar-refractivity contribution in [2.24, 2.45) is 0 Å². The van der Waals surface area contributed by atoms with Crippen molar-refractivity contribution in [2.45, 2.75) is 33.1 Å². The molecular weight excluding hydrogens is 328 g/mol. The van der Waals surface area contributed by atoms with E-state index in [4.69, 9.17) is 5.73 Å². The Morgan fingerprint density at radius 2 is 1.96 bits per heavy atom. The number of nitrogens with zero attached hydrogens (tertiary/aromatic N) is 5. The van der Waals surface area contributed by atoms with Gasteiger partial charge in [-0.1, -0.05) is 13.8 Å². The molecule has 1 amide bonds. The molecule has 2 N–H and O–H groups in total. The fourth-order valence-corrected chi connectivity index (χ4v) is 3.16. The third-order valence-electron chi connectivity index (χ3n) is 4.60. The Morgan fingerprint density at radius 1 is 1.15 bits per heavy atom. The molecule has 7 nitrogen and oxygen atoms in total. The Balaban J connectivity index is 1.74. The molecule has 1 aliphatic heterocycles. The van der Waals surface area contributed by atoms with E-state index >= 15 is 0 Å². The lowest BCUT2D eigenvalue weighted by atomic mass is 10.1. The molecule has 0 bridgehead atoms. The number of anilines is 2. The topological polar surface area (TPSA) is 88.2 Å². The summed E-state index contributed by atoms with van der Waals surface area (Å²) in [5.41, 5.74) is 9.13. The second-order valence-electron chi connectivity index (χ2n) is 6.98. The molecule has 138 valence electrons. The van der Waals surface area contributed by atoms with Gasteiger partial charge in [-0.25, -0.2) is 9.97 Å². The molecule has 0 spiro atoms. The molecule has 2 aromatic rings. The number of nitrogen functional groups attached to an aromatic ring is 1. The standard InChI is InChI=1S/C19H26N6O/c1-13(2)16-12-17(23-19(20)22-16)18(26)25-8-4-7-24(9-10-25)15-5-6-21-14(3)11-15/h5-6,11-13H,4,7-10H2,1-3H3,(H2,20,22,23). The molecule has 0 unspecified atom stereocenters. The van der Waals surface area contributed by atoms with Crippen molar-refractivity contribution in [3.8, 4) is 0 Å². The zero-order valence-corrected chi connectivity index (χ0v) is 15.6. The van der Waals surface area contributed by atoms with Crippen LogP contribution in [0.15, 0.2) is 24.4 Å². The number of aryl methyl sites for hydroxylation is 1. The quantitative estimate of drug-likeness (QED) is 0.909. The van der Waals surface area contributed by atoms with Crippen molar-refractivity contribution < 1.29 is 4.79 Å². The van der Waals surface area contributed by atoms with Gasteiger partial charge in [0.25, 0.3) is 5.91 Å². The van der Waals surface area contributed by atoms with Crippen LogP contribution in [0.2, 0.25) is 0 Å². The minimum atomic E-state index is -0.0752. The number of rotatable bonds is 3. The van der Waals surface area contributed by atoms with Crippen molar-refractivity contribution in [1.82, 2.24) is 19.9 Å². The molecule has 0 atom stereocenters. The lowest BCUT2D eigenvalue weighted by Gasteiger charge is -2.24. The molecule has 26 heavy (non-hydrogen) atoms. The third-order valence-corrected chi connectivity index (χ3v) is 4.60. The molecular formula is C19H26N6O. The van der Waals surface area contributed by atoms with E-state index in [-0.39, 0.29) is 17.8 Å². The van der Waals surface area contributed by atoms with Crippen molar-refractivity contribution >= 4 is 17.5 Å². The lowest BCUT2D eigenvalue weighted by molar-refractivity contribution is 0.0761. The molecule has 3 heterocycles. The number of aromatic nitrogens is 3. The van der Waals surface area contributed by atoms with Gasteiger partial charge in [-0.3, -0.25) is 9.78 Å². The molecule has 1 aliphatic rings. The van der Waals surface area contributed by atoms with Crippen LogP contribution in [0.3, 0.4) is 0 Å². The van der Waals surface area contributed by atoms with Crippen molar-refractivity contribution in [3.05, 3.63) is 41.5 Å². The maximum Gasteiger partial charge on any atom is 0.272 e. The van der Waals surface area contributed by atoms with E-state index in [0.29, 0.717) is 18.8 Å². The van der Waals surface area contributed by atoms with Crippen LogP contribution in [-0.2, 0) is 0 Å². The Bertz CT molecular complexity index is 791. The van der Waals surface area contributed by atoms with Gasteiger partial charge in [-0.2, -0.15) is 0 Å². The van der Waals surface area contributed by atoms with E-state index in [1.54, 1.807) is 6.07 Å². The Labute approximate surface area is 154 Å². The molecule has 0 radical (unpaired) electrons. The number of nitrogens with two attached hydrogens (primary N) is 1. The summed E-state index contributed by atoms with van der Waals surface area (Å²) < 4.78 is 0. The van der Waals surface area contributed by atoms with Gasteiger partial charge < -0.3 is 15.5 Å². The molecule has 0 aromatic carbocycles. The molecule has 1 saturated heterocycles. The molecule has 2 aromatic heterocycles. The second kappa shape index (κ2) is 7.68. The SMILES string of the molecule is Cc1cc(N2CCCN(C(=O)c3cc(C(C)C)nc(N)n3)CC2)ccn1. The minimum Gasteiger partial charge on any atom is -0.370 e. The first-order valence-corrected chi connectivity index (χ1v) is 9.05. The predicted octanol–water partition coefficient (Wildman–Crippen LogP) is 2.24. The number of carbonyl (C=O) groups is 1.